The molecule has 53 heavy (non-hydrogen) atoms. The van der Waals surface area contributed by atoms with Crippen LogP contribution >= 0.6 is 0 Å². The van der Waals surface area contributed by atoms with Crippen molar-refractivity contribution in [3.8, 4) is 23.0 Å². The summed E-state index contributed by atoms with van der Waals surface area (Å²) in [6, 6.07) is 12.3. The Morgan fingerprint density at radius 3 is 0.849 bits per heavy atom. The molecule has 2 aliphatic carbocycles. The van der Waals surface area contributed by atoms with Crippen LogP contribution in [-0.4, -0.2) is 65.1 Å². The van der Waals surface area contributed by atoms with E-state index in [1.54, 1.807) is 0 Å². The molecule has 0 radical (unpaired) electrons. The van der Waals surface area contributed by atoms with Gasteiger partial charge in [0, 0.05) is 11.8 Å². The molecule has 10 rings (SSSR count). The van der Waals surface area contributed by atoms with Crippen molar-refractivity contribution in [2.24, 2.45) is 11.8 Å². The third-order valence-corrected chi connectivity index (χ3v) is 12.6. The first-order chi connectivity index (χ1) is 26.3. The van der Waals surface area contributed by atoms with Gasteiger partial charge in [-0.15, -0.1) is 0 Å². The summed E-state index contributed by atoms with van der Waals surface area (Å²) in [6.07, 6.45) is 25.0. The largest absolute Gasteiger partial charge is 0.502 e. The third kappa shape index (κ3) is 9.03. The Kier molecular flexibility index (Phi) is 13.4. The number of fused-ring (bicyclic) bond motifs is 26. The van der Waals surface area contributed by atoms with E-state index >= 15 is 0 Å². The number of benzene rings is 2. The lowest BCUT2D eigenvalue weighted by Gasteiger charge is -2.31. The van der Waals surface area contributed by atoms with Crippen LogP contribution in [0.1, 0.15) is 135 Å². The molecule has 6 aliphatic heterocycles. The number of hydrogen-bond acceptors (Lipinski definition) is 8. The van der Waals surface area contributed by atoms with E-state index in [2.05, 4.69) is 24.3 Å². The first-order valence-corrected chi connectivity index (χ1v) is 21.7. The van der Waals surface area contributed by atoms with Crippen LogP contribution in [0.5, 0.6) is 23.0 Å². The van der Waals surface area contributed by atoms with Crippen LogP contribution in [0, 0.1) is 11.8 Å². The fourth-order valence-corrected chi connectivity index (χ4v) is 9.80. The van der Waals surface area contributed by atoms with E-state index in [1.165, 1.54) is 103 Å². The lowest BCUT2D eigenvalue weighted by Crippen LogP contribution is -2.44. The minimum atomic E-state index is -0.547. The Bertz CT molecular complexity index is 1240. The Balaban J connectivity index is 1.06. The van der Waals surface area contributed by atoms with Gasteiger partial charge in [0.25, 0.3) is 0 Å². The van der Waals surface area contributed by atoms with E-state index < -0.39 is 14.2 Å². The van der Waals surface area contributed by atoms with Crippen LogP contribution in [0.15, 0.2) is 36.4 Å². The zero-order valence-electron chi connectivity index (χ0n) is 32.0. The molecule has 0 aromatic heterocycles. The van der Waals surface area contributed by atoms with Crippen LogP contribution in [0.2, 0.25) is 0 Å². The minimum absolute atomic E-state index is 0.0688. The third-order valence-electron chi connectivity index (χ3n) is 12.6. The van der Waals surface area contributed by atoms with E-state index in [1.807, 2.05) is 12.1 Å². The Hall–Kier alpha value is -2.39. The second-order valence-corrected chi connectivity index (χ2v) is 16.4. The predicted molar refractivity (Wildman–Crippen MR) is 209 cm³/mol. The van der Waals surface area contributed by atoms with Crippen molar-refractivity contribution in [2.75, 3.05) is 26.4 Å². The summed E-state index contributed by atoms with van der Waals surface area (Å²) in [5.74, 6) is 3.64. The molecule has 6 heterocycles. The van der Waals surface area contributed by atoms with Crippen molar-refractivity contribution >= 4 is 25.2 Å². The van der Waals surface area contributed by atoms with Gasteiger partial charge in [-0.1, -0.05) is 115 Å². The summed E-state index contributed by atoms with van der Waals surface area (Å²) < 4.78 is 53.7. The fourth-order valence-electron chi connectivity index (χ4n) is 9.80. The van der Waals surface area contributed by atoms with Gasteiger partial charge >= 0.3 is 14.2 Å². The summed E-state index contributed by atoms with van der Waals surface area (Å²) in [5, 5.41) is 0. The van der Waals surface area contributed by atoms with Crippen molar-refractivity contribution in [3.63, 3.8) is 0 Å². The zero-order chi connectivity index (χ0) is 35.7. The normalized spacial score (nSPS) is 30.9. The molecule has 8 aliphatic rings. The monoisotopic (exact) mass is 728 g/mol. The molecule has 4 fully saturated rings. The molecular weight excluding hydrogens is 666 g/mol. The average Bonchev–Trinajstić information content (AvgIpc) is 3.95. The van der Waals surface area contributed by atoms with Gasteiger partial charge in [-0.05, 0) is 56.4 Å². The van der Waals surface area contributed by atoms with Gasteiger partial charge in [0.1, 0.15) is 23.0 Å². The SMILES string of the molecule is c1cc2c3c(c1)OCCCCCCCCCCCCOc1cccc(c1B1O[C@@H]4C5CC([C@H]6OB3O[C@@H]56)[C@@H]4O1)OCCCCCCCCCCCCO2. The molecule has 2 aromatic carbocycles. The van der Waals surface area contributed by atoms with E-state index in [0.717, 1.165) is 66.0 Å². The van der Waals surface area contributed by atoms with Crippen molar-refractivity contribution in [3.05, 3.63) is 36.4 Å². The smallest absolute Gasteiger partial charge is 0.494 e. The van der Waals surface area contributed by atoms with Gasteiger partial charge < -0.3 is 37.6 Å². The van der Waals surface area contributed by atoms with Gasteiger partial charge in [-0.25, -0.2) is 0 Å². The quantitative estimate of drug-likeness (QED) is 0.251. The molecule has 288 valence electrons. The van der Waals surface area contributed by atoms with Gasteiger partial charge in [-0.3, -0.25) is 0 Å². The maximum Gasteiger partial charge on any atom is 0.502 e. The maximum absolute atomic E-state index is 6.90. The number of rotatable bonds is 0. The predicted octanol–water partition coefficient (Wildman–Crippen LogP) is 8.34. The second-order valence-electron chi connectivity index (χ2n) is 16.4. The van der Waals surface area contributed by atoms with Crippen LogP contribution in [-0.2, 0) is 18.6 Å². The zero-order valence-corrected chi connectivity index (χ0v) is 32.0. The molecule has 6 atom stereocenters. The van der Waals surface area contributed by atoms with E-state index in [-0.39, 0.29) is 36.3 Å². The summed E-state index contributed by atoms with van der Waals surface area (Å²) in [4.78, 5) is 0. The van der Waals surface area contributed by atoms with Crippen molar-refractivity contribution < 1.29 is 37.6 Å². The van der Waals surface area contributed by atoms with Crippen LogP contribution < -0.4 is 29.9 Å². The Morgan fingerprint density at radius 1 is 0.340 bits per heavy atom. The number of hydrogen-bond donors (Lipinski definition) is 0. The first-order valence-electron chi connectivity index (χ1n) is 21.7. The molecule has 2 saturated carbocycles. The second kappa shape index (κ2) is 19.0. The van der Waals surface area contributed by atoms with E-state index in [0.29, 0.717) is 26.4 Å². The highest BCUT2D eigenvalue weighted by Crippen LogP contribution is 2.55. The summed E-state index contributed by atoms with van der Waals surface area (Å²) in [6.45, 7) is 2.74. The Labute approximate surface area is 318 Å². The maximum atomic E-state index is 6.90. The lowest BCUT2D eigenvalue weighted by molar-refractivity contribution is -0.00476. The van der Waals surface area contributed by atoms with Crippen molar-refractivity contribution in [1.29, 1.82) is 0 Å². The molecule has 0 N–H and O–H groups in total. The van der Waals surface area contributed by atoms with Crippen LogP contribution in [0.4, 0.5) is 0 Å². The summed E-state index contributed by atoms with van der Waals surface area (Å²) in [7, 11) is -1.09. The molecule has 0 spiro atoms. The van der Waals surface area contributed by atoms with Gasteiger partial charge in [0.15, 0.2) is 0 Å². The Morgan fingerprint density at radius 2 is 0.585 bits per heavy atom. The first kappa shape index (κ1) is 37.5. The summed E-state index contributed by atoms with van der Waals surface area (Å²) in [5.41, 5.74) is 1.80. The molecule has 8 nitrogen and oxygen atoms in total. The molecule has 10 heteroatoms. The van der Waals surface area contributed by atoms with Gasteiger partial charge in [0.05, 0.1) is 61.8 Å². The van der Waals surface area contributed by atoms with E-state index in [4.69, 9.17) is 37.6 Å². The van der Waals surface area contributed by atoms with E-state index in [9.17, 15) is 0 Å². The molecule has 10 bridgehead atoms. The number of ether oxygens (including phenoxy) is 4. The van der Waals surface area contributed by atoms with Crippen molar-refractivity contribution in [2.45, 2.75) is 159 Å². The fraction of sp³-hybridized carbons (Fsp3) is 0.721. The van der Waals surface area contributed by atoms with Crippen LogP contribution in [0.25, 0.3) is 0 Å². The topological polar surface area (TPSA) is 73.8 Å². The van der Waals surface area contributed by atoms with Gasteiger partial charge in [0.2, 0.25) is 0 Å². The molecule has 2 saturated heterocycles. The standard InChI is InChI=1S/C43H62B2O8/c1-2-6-10-14-18-28-47-35-24-22-26-37-39(35)45-52-42-32-31-33(43(42)53-45)41-40(32)50-44(51-41)38-34(46-27-17-13-9-5-1)23-21-25-36(38)48-29-19-15-11-7-3-4-8-12-16-20-30-49-37/h21-26,32-33,40-43H,1-20,27-31H2/t32?,33?,40-,41+,42+,43-. The highest BCUT2D eigenvalue weighted by Gasteiger charge is 2.68. The van der Waals surface area contributed by atoms with Gasteiger partial charge in [-0.2, -0.15) is 0 Å². The molecule has 2 unspecified atom stereocenters. The average molecular weight is 729 g/mol. The molecule has 0 amide bonds. The van der Waals surface area contributed by atoms with Crippen LogP contribution in [0.3, 0.4) is 0 Å². The lowest BCUT2D eigenvalue weighted by atomic mass is 9.77. The molecular formula is C43H62B2O8. The highest BCUT2D eigenvalue weighted by atomic mass is 16.7. The minimum Gasteiger partial charge on any atom is -0.494 e. The highest BCUT2D eigenvalue weighted by molar-refractivity contribution is 6.64. The summed E-state index contributed by atoms with van der Waals surface area (Å²) >= 11 is 0. The molecule has 2 aromatic rings. The van der Waals surface area contributed by atoms with Crippen molar-refractivity contribution in [1.82, 2.24) is 0 Å².